The monoisotopic (exact) mass is 195 g/mol. The van der Waals surface area contributed by atoms with Crippen molar-refractivity contribution in [3.8, 4) is 0 Å². The molecule has 4 rings (SSSR count). The van der Waals surface area contributed by atoms with Crippen molar-refractivity contribution in [3.05, 3.63) is 6.92 Å². The van der Waals surface area contributed by atoms with Gasteiger partial charge >= 0.3 is 0 Å². The lowest BCUT2D eigenvalue weighted by Gasteiger charge is -2.63. The van der Waals surface area contributed by atoms with Crippen LogP contribution in [0.4, 0.5) is 0 Å². The quantitative estimate of drug-likeness (QED) is 0.666. The first-order valence-electron chi connectivity index (χ1n) is 5.65. The maximum absolute atomic E-state index is 10.4. The van der Waals surface area contributed by atoms with E-state index in [0.717, 1.165) is 38.5 Å². The fourth-order valence-electron chi connectivity index (χ4n) is 4.97. The molecule has 0 aromatic heterocycles. The second-order valence-corrected chi connectivity index (χ2v) is 6.39. The van der Waals surface area contributed by atoms with Crippen molar-refractivity contribution in [1.82, 2.24) is 0 Å². The molecule has 4 atom stereocenters. The maximum Gasteiger partial charge on any atom is 0.0661 e. The Labute approximate surface area is 85.3 Å². The van der Waals surface area contributed by atoms with Crippen LogP contribution in [0.25, 0.3) is 0 Å². The molecule has 0 heterocycles. The van der Waals surface area contributed by atoms with Gasteiger partial charge in [-0.15, -0.1) is 0 Å². The van der Waals surface area contributed by atoms with Crippen LogP contribution in [0.5, 0.6) is 0 Å². The molecule has 4 aliphatic carbocycles. The average Bonchev–Trinajstić information content (AvgIpc) is 1.97. The summed E-state index contributed by atoms with van der Waals surface area (Å²) in [5.74, 6) is 0.612. The first-order chi connectivity index (χ1) is 6.47. The van der Waals surface area contributed by atoms with E-state index in [2.05, 4.69) is 6.92 Å². The standard InChI is InChI=1S/C12H19O2/c1-10-2-9-3-11(5-10,8-13)7-12(14,4-9)6-10/h9,13-14H,1-8H2. The predicted octanol–water partition coefficient (Wildman–Crippen LogP) is 1.51. The molecular weight excluding hydrogens is 176 g/mol. The largest absolute Gasteiger partial charge is 0.396 e. The molecule has 2 heteroatoms. The molecule has 4 unspecified atom stereocenters. The Kier molecular flexibility index (Phi) is 1.54. The van der Waals surface area contributed by atoms with Gasteiger partial charge in [-0.1, -0.05) is 0 Å². The van der Waals surface area contributed by atoms with Gasteiger partial charge in [-0.05, 0) is 62.2 Å². The minimum atomic E-state index is -0.496. The van der Waals surface area contributed by atoms with Gasteiger partial charge in [0.1, 0.15) is 0 Å². The summed E-state index contributed by atoms with van der Waals surface area (Å²) in [5, 5.41) is 19.9. The van der Waals surface area contributed by atoms with Crippen LogP contribution in [0.15, 0.2) is 0 Å². The number of aliphatic hydroxyl groups is 2. The molecule has 14 heavy (non-hydrogen) atoms. The van der Waals surface area contributed by atoms with Crippen molar-refractivity contribution < 1.29 is 10.2 Å². The summed E-state index contributed by atoms with van der Waals surface area (Å²) in [4.78, 5) is 0. The smallest absolute Gasteiger partial charge is 0.0661 e. The minimum absolute atomic E-state index is 0.00984. The van der Waals surface area contributed by atoms with Gasteiger partial charge in [-0.3, -0.25) is 0 Å². The predicted molar refractivity (Wildman–Crippen MR) is 53.5 cm³/mol. The van der Waals surface area contributed by atoms with Crippen LogP contribution in [0, 0.1) is 23.7 Å². The third-order valence-corrected chi connectivity index (χ3v) is 4.61. The van der Waals surface area contributed by atoms with Crippen LogP contribution in [-0.2, 0) is 0 Å². The molecule has 4 bridgehead atoms. The highest BCUT2D eigenvalue weighted by molar-refractivity contribution is 5.14. The highest BCUT2D eigenvalue weighted by Gasteiger charge is 2.61. The van der Waals surface area contributed by atoms with Gasteiger partial charge in [-0.2, -0.15) is 0 Å². The zero-order valence-electron chi connectivity index (χ0n) is 8.63. The molecule has 0 aliphatic heterocycles. The number of hydrogen-bond donors (Lipinski definition) is 2. The zero-order valence-corrected chi connectivity index (χ0v) is 8.63. The number of aliphatic hydroxyl groups excluding tert-OH is 1. The number of hydrogen-bond acceptors (Lipinski definition) is 2. The summed E-state index contributed by atoms with van der Waals surface area (Å²) in [6.45, 7) is 4.54. The Morgan fingerprint density at radius 1 is 1.14 bits per heavy atom. The van der Waals surface area contributed by atoms with Crippen molar-refractivity contribution in [3.63, 3.8) is 0 Å². The second-order valence-electron chi connectivity index (χ2n) is 6.39. The van der Waals surface area contributed by atoms with Gasteiger partial charge in [0.2, 0.25) is 0 Å². The normalized spacial score (nSPS) is 60.6. The lowest BCUT2D eigenvalue weighted by molar-refractivity contribution is -0.197. The molecule has 4 fully saturated rings. The summed E-state index contributed by atoms with van der Waals surface area (Å²) in [6.07, 6.45) is 5.92. The van der Waals surface area contributed by atoms with E-state index in [4.69, 9.17) is 0 Å². The number of rotatable bonds is 1. The zero-order chi connectivity index (χ0) is 10.0. The van der Waals surface area contributed by atoms with Crippen molar-refractivity contribution in [2.75, 3.05) is 6.61 Å². The lowest BCUT2D eigenvalue weighted by Crippen LogP contribution is -2.60. The lowest BCUT2D eigenvalue weighted by atomic mass is 9.43. The Morgan fingerprint density at radius 3 is 2.50 bits per heavy atom. The van der Waals surface area contributed by atoms with Crippen LogP contribution >= 0.6 is 0 Å². The van der Waals surface area contributed by atoms with Crippen LogP contribution in [0.2, 0.25) is 0 Å². The molecule has 4 aliphatic rings. The Balaban J connectivity index is 2.01. The summed E-state index contributed by atoms with van der Waals surface area (Å²) in [6, 6.07) is 0. The van der Waals surface area contributed by atoms with Gasteiger partial charge in [0.25, 0.3) is 0 Å². The molecule has 2 N–H and O–H groups in total. The molecule has 0 aromatic rings. The van der Waals surface area contributed by atoms with E-state index in [1.54, 1.807) is 0 Å². The van der Waals surface area contributed by atoms with E-state index in [1.165, 1.54) is 0 Å². The van der Waals surface area contributed by atoms with Gasteiger partial charge in [0.15, 0.2) is 0 Å². The molecule has 79 valence electrons. The first kappa shape index (κ1) is 9.17. The highest BCUT2D eigenvalue weighted by atomic mass is 16.3. The molecule has 4 saturated carbocycles. The van der Waals surface area contributed by atoms with E-state index in [0.29, 0.717) is 5.92 Å². The van der Waals surface area contributed by atoms with Crippen LogP contribution in [0.3, 0.4) is 0 Å². The van der Waals surface area contributed by atoms with E-state index in [-0.39, 0.29) is 17.4 Å². The average molecular weight is 195 g/mol. The summed E-state index contributed by atoms with van der Waals surface area (Å²) in [7, 11) is 0. The molecule has 2 nitrogen and oxygen atoms in total. The molecule has 1 radical (unpaired) electrons. The SMILES string of the molecule is [CH2]C12CC3CC(O)(C1)CC(CO)(C3)C2. The van der Waals surface area contributed by atoms with Gasteiger partial charge in [0.05, 0.1) is 5.60 Å². The maximum atomic E-state index is 10.4. The Hall–Kier alpha value is -0.0800. The van der Waals surface area contributed by atoms with Crippen molar-refractivity contribution in [2.24, 2.45) is 16.7 Å². The summed E-state index contributed by atoms with van der Waals surface area (Å²) in [5.41, 5.74) is -0.420. The van der Waals surface area contributed by atoms with E-state index in [9.17, 15) is 10.2 Å². The van der Waals surface area contributed by atoms with Crippen molar-refractivity contribution in [1.29, 1.82) is 0 Å². The van der Waals surface area contributed by atoms with Crippen molar-refractivity contribution >= 4 is 0 Å². The van der Waals surface area contributed by atoms with Crippen LogP contribution in [0.1, 0.15) is 38.5 Å². The summed E-state index contributed by atoms with van der Waals surface area (Å²) >= 11 is 0. The van der Waals surface area contributed by atoms with Gasteiger partial charge in [-0.25, -0.2) is 0 Å². The van der Waals surface area contributed by atoms with Crippen LogP contribution < -0.4 is 0 Å². The van der Waals surface area contributed by atoms with E-state index in [1.807, 2.05) is 0 Å². The Bertz CT molecular complexity index is 255. The van der Waals surface area contributed by atoms with Gasteiger partial charge in [0, 0.05) is 6.61 Å². The molecule has 0 spiro atoms. The first-order valence-corrected chi connectivity index (χ1v) is 5.65. The minimum Gasteiger partial charge on any atom is -0.396 e. The van der Waals surface area contributed by atoms with Crippen LogP contribution in [-0.4, -0.2) is 22.4 Å². The molecule has 0 amide bonds. The summed E-state index contributed by atoms with van der Waals surface area (Å²) < 4.78 is 0. The van der Waals surface area contributed by atoms with Crippen molar-refractivity contribution in [2.45, 2.75) is 44.1 Å². The molecule has 0 aromatic carbocycles. The third kappa shape index (κ3) is 1.10. The second kappa shape index (κ2) is 2.35. The van der Waals surface area contributed by atoms with Gasteiger partial charge < -0.3 is 10.2 Å². The van der Waals surface area contributed by atoms with E-state index >= 15 is 0 Å². The Morgan fingerprint density at radius 2 is 1.93 bits per heavy atom. The molecule has 0 saturated heterocycles. The highest BCUT2D eigenvalue weighted by Crippen LogP contribution is 2.65. The fourth-order valence-corrected chi connectivity index (χ4v) is 4.97. The molecular formula is C12H19O2. The van der Waals surface area contributed by atoms with E-state index < -0.39 is 5.60 Å². The fraction of sp³-hybridized carbons (Fsp3) is 0.917. The third-order valence-electron chi connectivity index (χ3n) is 4.61. The topological polar surface area (TPSA) is 40.5 Å².